The molecule has 0 atom stereocenters. The van der Waals surface area contributed by atoms with Crippen LogP contribution in [-0.2, 0) is 6.18 Å². The van der Waals surface area contributed by atoms with Crippen molar-refractivity contribution in [2.75, 3.05) is 0 Å². The summed E-state index contributed by atoms with van der Waals surface area (Å²) in [7, 11) is 0. The molecule has 0 unspecified atom stereocenters. The minimum absolute atomic E-state index is 0.0644. The molecule has 2 rings (SSSR count). The van der Waals surface area contributed by atoms with Crippen LogP contribution in [0.5, 0.6) is 0 Å². The summed E-state index contributed by atoms with van der Waals surface area (Å²) in [5.41, 5.74) is -1.27. The van der Waals surface area contributed by atoms with Crippen molar-refractivity contribution in [3.63, 3.8) is 0 Å². The van der Waals surface area contributed by atoms with E-state index < -0.39 is 23.7 Å². The summed E-state index contributed by atoms with van der Waals surface area (Å²) >= 11 is 0. The summed E-state index contributed by atoms with van der Waals surface area (Å²) in [6.45, 7) is 0. The van der Waals surface area contributed by atoms with Gasteiger partial charge in [-0.3, -0.25) is 4.40 Å². The molecule has 9 heteroatoms. The van der Waals surface area contributed by atoms with Crippen molar-refractivity contribution in [3.8, 4) is 0 Å². The number of rotatable bonds is 1. The van der Waals surface area contributed by atoms with Gasteiger partial charge in [-0.1, -0.05) is 0 Å². The molecule has 0 aliphatic rings. The number of hydrogen-bond acceptors (Lipinski definition) is 4. The SMILES string of the molecule is O=C(O)c1nnc2cnc(C(F)(F)F)cn12. The molecule has 0 radical (unpaired) electrons. The Hall–Kier alpha value is -2.19. The lowest BCUT2D eigenvalue weighted by Gasteiger charge is -2.05. The van der Waals surface area contributed by atoms with Crippen LogP contribution in [0, 0.1) is 0 Å². The molecule has 16 heavy (non-hydrogen) atoms. The van der Waals surface area contributed by atoms with Gasteiger partial charge in [0.2, 0.25) is 5.82 Å². The molecule has 6 nitrogen and oxygen atoms in total. The second-order valence-electron chi connectivity index (χ2n) is 2.83. The van der Waals surface area contributed by atoms with E-state index in [9.17, 15) is 18.0 Å². The van der Waals surface area contributed by atoms with Crippen LogP contribution in [0.4, 0.5) is 13.2 Å². The highest BCUT2D eigenvalue weighted by Crippen LogP contribution is 2.27. The zero-order valence-electron chi connectivity index (χ0n) is 7.43. The maximum atomic E-state index is 12.3. The second kappa shape index (κ2) is 3.15. The first-order valence-electron chi connectivity index (χ1n) is 3.91. The van der Waals surface area contributed by atoms with Gasteiger partial charge in [0.15, 0.2) is 11.3 Å². The van der Waals surface area contributed by atoms with E-state index in [1.165, 1.54) is 0 Å². The third-order valence-electron chi connectivity index (χ3n) is 1.77. The molecule has 0 fully saturated rings. The first-order chi connectivity index (χ1) is 7.39. The smallest absolute Gasteiger partial charge is 0.434 e. The van der Waals surface area contributed by atoms with E-state index in [0.717, 1.165) is 10.6 Å². The van der Waals surface area contributed by atoms with Gasteiger partial charge in [0.05, 0.1) is 6.20 Å². The molecule has 2 aromatic heterocycles. The van der Waals surface area contributed by atoms with Gasteiger partial charge in [-0.25, -0.2) is 9.78 Å². The summed E-state index contributed by atoms with van der Waals surface area (Å²) in [5.74, 6) is -2.06. The fraction of sp³-hybridized carbons (Fsp3) is 0.143. The van der Waals surface area contributed by atoms with Gasteiger partial charge in [0.25, 0.3) is 0 Å². The molecular weight excluding hydrogens is 229 g/mol. The Labute approximate surface area is 85.4 Å². The molecule has 0 spiro atoms. The topological polar surface area (TPSA) is 80.4 Å². The van der Waals surface area contributed by atoms with Gasteiger partial charge in [0, 0.05) is 6.20 Å². The fourth-order valence-corrected chi connectivity index (χ4v) is 1.09. The van der Waals surface area contributed by atoms with Crippen LogP contribution in [0.15, 0.2) is 12.4 Å². The van der Waals surface area contributed by atoms with E-state index in [-0.39, 0.29) is 5.65 Å². The van der Waals surface area contributed by atoms with Gasteiger partial charge >= 0.3 is 12.1 Å². The number of nitrogens with zero attached hydrogens (tertiary/aromatic N) is 4. The number of carboxylic acids is 1. The van der Waals surface area contributed by atoms with Gasteiger partial charge in [-0.15, -0.1) is 10.2 Å². The van der Waals surface area contributed by atoms with Crippen LogP contribution >= 0.6 is 0 Å². The quantitative estimate of drug-likeness (QED) is 0.787. The minimum Gasteiger partial charge on any atom is -0.475 e. The van der Waals surface area contributed by atoms with Crippen molar-refractivity contribution in [1.82, 2.24) is 19.6 Å². The Morgan fingerprint density at radius 1 is 1.38 bits per heavy atom. The lowest BCUT2D eigenvalue weighted by molar-refractivity contribution is -0.141. The number of aromatic nitrogens is 4. The summed E-state index contributed by atoms with van der Waals surface area (Å²) in [4.78, 5) is 13.7. The lowest BCUT2D eigenvalue weighted by atomic mass is 10.4. The Bertz CT molecular complexity index is 562. The zero-order chi connectivity index (χ0) is 11.9. The van der Waals surface area contributed by atoms with E-state index >= 15 is 0 Å². The number of halogens is 3. The monoisotopic (exact) mass is 232 g/mol. The highest BCUT2D eigenvalue weighted by atomic mass is 19.4. The van der Waals surface area contributed by atoms with Crippen molar-refractivity contribution >= 4 is 11.6 Å². The van der Waals surface area contributed by atoms with Crippen LogP contribution in [0.25, 0.3) is 5.65 Å². The van der Waals surface area contributed by atoms with Crippen LogP contribution in [-0.4, -0.2) is 30.7 Å². The molecule has 0 aliphatic heterocycles. The van der Waals surface area contributed by atoms with Crippen molar-refractivity contribution in [2.45, 2.75) is 6.18 Å². The van der Waals surface area contributed by atoms with Crippen LogP contribution in [0.1, 0.15) is 16.3 Å². The molecule has 2 heterocycles. The molecule has 0 amide bonds. The van der Waals surface area contributed by atoms with Gasteiger partial charge in [-0.05, 0) is 0 Å². The number of fused-ring (bicyclic) bond motifs is 1. The molecule has 2 aromatic rings. The number of aromatic carboxylic acids is 1. The Morgan fingerprint density at radius 2 is 2.06 bits per heavy atom. The van der Waals surface area contributed by atoms with Crippen LogP contribution in [0.3, 0.4) is 0 Å². The number of hydrogen-bond donors (Lipinski definition) is 1. The molecule has 0 saturated heterocycles. The van der Waals surface area contributed by atoms with Crippen LogP contribution in [0.2, 0.25) is 0 Å². The first kappa shape index (κ1) is 10.3. The molecule has 0 saturated carbocycles. The van der Waals surface area contributed by atoms with E-state index in [1.807, 2.05) is 0 Å². The highest BCUT2D eigenvalue weighted by molar-refractivity contribution is 5.84. The molecule has 1 N–H and O–H groups in total. The van der Waals surface area contributed by atoms with Gasteiger partial charge in [0.1, 0.15) is 0 Å². The van der Waals surface area contributed by atoms with Gasteiger partial charge in [-0.2, -0.15) is 13.2 Å². The van der Waals surface area contributed by atoms with Crippen molar-refractivity contribution in [3.05, 3.63) is 23.9 Å². The summed E-state index contributed by atoms with van der Waals surface area (Å²) in [6, 6.07) is 0. The Kier molecular flexibility index (Phi) is 2.04. The second-order valence-corrected chi connectivity index (χ2v) is 2.83. The molecule has 84 valence electrons. The standard InChI is InChI=1S/C7H3F3N4O2/c8-7(9,10)3-2-14-4(1-11-3)12-13-5(14)6(15)16/h1-2H,(H,15,16). The van der Waals surface area contributed by atoms with Crippen molar-refractivity contribution < 1.29 is 23.1 Å². The average Bonchev–Trinajstić information content (AvgIpc) is 2.58. The summed E-state index contributed by atoms with van der Waals surface area (Å²) in [6.07, 6.45) is -3.30. The normalized spacial score (nSPS) is 11.9. The Morgan fingerprint density at radius 3 is 2.62 bits per heavy atom. The third kappa shape index (κ3) is 1.55. The first-order valence-corrected chi connectivity index (χ1v) is 3.91. The number of carboxylic acid groups (broad SMARTS) is 1. The maximum Gasteiger partial charge on any atom is 0.434 e. The molecule has 0 aromatic carbocycles. The fourth-order valence-electron chi connectivity index (χ4n) is 1.09. The van der Waals surface area contributed by atoms with Crippen LogP contribution < -0.4 is 0 Å². The van der Waals surface area contributed by atoms with Crippen molar-refractivity contribution in [1.29, 1.82) is 0 Å². The lowest BCUT2D eigenvalue weighted by Crippen LogP contribution is -2.11. The highest BCUT2D eigenvalue weighted by Gasteiger charge is 2.33. The van der Waals surface area contributed by atoms with Crippen molar-refractivity contribution in [2.24, 2.45) is 0 Å². The maximum absolute atomic E-state index is 12.3. The van der Waals surface area contributed by atoms with E-state index in [0.29, 0.717) is 6.20 Å². The van der Waals surface area contributed by atoms with Gasteiger partial charge < -0.3 is 5.11 Å². The van der Waals surface area contributed by atoms with E-state index in [1.54, 1.807) is 0 Å². The number of alkyl halides is 3. The summed E-state index contributed by atoms with van der Waals surface area (Å²) < 4.78 is 37.6. The molecular formula is C7H3F3N4O2. The van der Waals surface area contributed by atoms with E-state index in [2.05, 4.69) is 15.2 Å². The summed E-state index contributed by atoms with van der Waals surface area (Å²) in [5, 5.41) is 15.2. The number of carbonyl (C=O) groups is 1. The zero-order valence-corrected chi connectivity index (χ0v) is 7.43. The average molecular weight is 232 g/mol. The predicted octanol–water partition coefficient (Wildman–Crippen LogP) is 0.841. The molecule has 0 bridgehead atoms. The largest absolute Gasteiger partial charge is 0.475 e. The Balaban J connectivity index is 2.68. The molecule has 0 aliphatic carbocycles. The third-order valence-corrected chi connectivity index (χ3v) is 1.77. The van der Waals surface area contributed by atoms with E-state index in [4.69, 9.17) is 5.11 Å². The predicted molar refractivity (Wildman–Crippen MR) is 42.7 cm³/mol. The minimum atomic E-state index is -4.64.